The normalized spacial score (nSPS) is 11.0. The van der Waals surface area contributed by atoms with Gasteiger partial charge in [0.25, 0.3) is 0 Å². The van der Waals surface area contributed by atoms with Crippen LogP contribution in [0.3, 0.4) is 0 Å². The summed E-state index contributed by atoms with van der Waals surface area (Å²) in [6, 6.07) is 11.6. The summed E-state index contributed by atoms with van der Waals surface area (Å²) in [6.07, 6.45) is 9.12. The summed E-state index contributed by atoms with van der Waals surface area (Å²) in [5.74, 6) is -1.05. The van der Waals surface area contributed by atoms with Crippen LogP contribution >= 0.6 is 34.8 Å². The van der Waals surface area contributed by atoms with Gasteiger partial charge in [-0.15, -0.1) is 0 Å². The Kier molecular flexibility index (Phi) is 15.4. The highest BCUT2D eigenvalue weighted by atomic mass is 35.5. The fourth-order valence-corrected chi connectivity index (χ4v) is 5.83. The van der Waals surface area contributed by atoms with Gasteiger partial charge in [-0.25, -0.2) is 38.3 Å². The van der Waals surface area contributed by atoms with Crippen LogP contribution in [0.1, 0.15) is 73.4 Å². The second-order valence-electron chi connectivity index (χ2n) is 14.6. The zero-order valence-corrected chi connectivity index (χ0v) is 35.6. The number of nitrogen functional groups attached to an aromatic ring is 1. The number of methoxy groups -OCH3 is 2. The predicted octanol–water partition coefficient (Wildman–Crippen LogP) is 10.5. The van der Waals surface area contributed by atoms with Crippen molar-refractivity contribution in [2.24, 2.45) is 0 Å². The summed E-state index contributed by atoms with van der Waals surface area (Å²) in [5.41, 5.74) is 8.42. The van der Waals surface area contributed by atoms with E-state index in [2.05, 4.69) is 40.0 Å². The molecule has 0 saturated heterocycles. The van der Waals surface area contributed by atoms with E-state index < -0.39 is 23.6 Å². The number of halogens is 5. The summed E-state index contributed by atoms with van der Waals surface area (Å²) in [5, 5.41) is 4.29. The van der Waals surface area contributed by atoms with Crippen molar-refractivity contribution in [2.75, 3.05) is 25.3 Å². The molecule has 4 heterocycles. The highest BCUT2D eigenvalue weighted by molar-refractivity contribution is 6.31. The summed E-state index contributed by atoms with van der Waals surface area (Å²) in [6.45, 7) is 12.0. The third-order valence-electron chi connectivity index (χ3n) is 8.23. The van der Waals surface area contributed by atoms with E-state index in [1.807, 2.05) is 41.5 Å². The number of hydrogen-bond acceptors (Lipinski definition) is 12. The van der Waals surface area contributed by atoms with Gasteiger partial charge >= 0.3 is 11.9 Å². The van der Waals surface area contributed by atoms with Crippen LogP contribution in [0.4, 0.5) is 26.0 Å². The summed E-state index contributed by atoms with van der Waals surface area (Å²) < 4.78 is 37.4. The molecule has 0 aliphatic heterocycles. The first-order chi connectivity index (χ1) is 27.7. The molecule has 0 amide bonds. The van der Waals surface area contributed by atoms with Gasteiger partial charge in [0.15, 0.2) is 11.6 Å². The van der Waals surface area contributed by atoms with Crippen molar-refractivity contribution < 1.29 is 27.8 Å². The van der Waals surface area contributed by atoms with Crippen LogP contribution in [-0.2, 0) is 20.3 Å². The van der Waals surface area contributed by atoms with Crippen molar-refractivity contribution in [1.82, 2.24) is 29.9 Å². The van der Waals surface area contributed by atoms with Crippen LogP contribution < -0.4 is 11.1 Å². The number of carbonyl (C=O) groups is 2. The summed E-state index contributed by atoms with van der Waals surface area (Å²) in [7, 11) is 2.60. The summed E-state index contributed by atoms with van der Waals surface area (Å²) in [4.78, 5) is 47.9. The van der Waals surface area contributed by atoms with Gasteiger partial charge in [0.05, 0.1) is 31.0 Å². The lowest BCUT2D eigenvalue weighted by Gasteiger charge is -2.23. The number of pyridine rings is 2. The van der Waals surface area contributed by atoms with Crippen LogP contribution in [0.2, 0.25) is 15.2 Å². The average molecular weight is 866 g/mol. The number of nitrogens with zero attached hydrogens (tertiary/aromatic N) is 6. The first-order valence-corrected chi connectivity index (χ1v) is 18.8. The number of esters is 2. The molecule has 3 N–H and O–H groups in total. The smallest absolute Gasteiger partial charge is 0.341 e. The number of nitrogens with two attached hydrogens (primary N) is 1. The van der Waals surface area contributed by atoms with Gasteiger partial charge in [-0.3, -0.25) is 9.97 Å². The first-order valence-electron chi connectivity index (χ1n) is 17.6. The molecule has 0 aliphatic rings. The second-order valence-corrected chi connectivity index (χ2v) is 15.8. The fraction of sp³-hybridized carbons (Fsp3) is 0.238. The van der Waals surface area contributed by atoms with Gasteiger partial charge in [0.1, 0.15) is 33.7 Å². The Morgan fingerprint density at radius 1 is 0.661 bits per heavy atom. The Morgan fingerprint density at radius 3 is 1.63 bits per heavy atom. The maximum absolute atomic E-state index is 14.3. The highest BCUT2D eigenvalue weighted by Gasteiger charge is 2.24. The SMILES string of the molecule is CC(C)(C)c1cnc(-c2cc(Cl)ccc2F)nc1Cl.COC(=O)c1cnccc1N.COC(=O)c1cnccc1Nc1nc(-c2cc(Cl)ccc2F)ncc1C(C)(C)C. The molecule has 12 nitrogen and oxygen atoms in total. The number of aromatic nitrogens is 6. The maximum atomic E-state index is 14.3. The molecule has 0 spiro atoms. The van der Waals surface area contributed by atoms with Crippen LogP contribution in [0.25, 0.3) is 22.8 Å². The highest BCUT2D eigenvalue weighted by Crippen LogP contribution is 2.34. The molecule has 0 radical (unpaired) electrons. The van der Waals surface area contributed by atoms with Crippen molar-refractivity contribution in [3.05, 3.63) is 135 Å². The zero-order valence-electron chi connectivity index (χ0n) is 33.4. The van der Waals surface area contributed by atoms with E-state index in [0.29, 0.717) is 38.0 Å². The molecule has 4 aromatic heterocycles. The van der Waals surface area contributed by atoms with Gasteiger partial charge in [-0.1, -0.05) is 76.3 Å². The molecular formula is C42H41Cl3F2N8O4. The third-order valence-corrected chi connectivity index (χ3v) is 8.98. The topological polar surface area (TPSA) is 168 Å². The lowest BCUT2D eigenvalue weighted by atomic mass is 9.88. The van der Waals surface area contributed by atoms with E-state index in [1.165, 1.54) is 69.2 Å². The van der Waals surface area contributed by atoms with Gasteiger partial charge in [0, 0.05) is 64.0 Å². The van der Waals surface area contributed by atoms with Gasteiger partial charge < -0.3 is 20.5 Å². The molecule has 0 saturated carbocycles. The van der Waals surface area contributed by atoms with E-state index in [0.717, 1.165) is 11.1 Å². The number of ether oxygens (including phenoxy) is 2. The van der Waals surface area contributed by atoms with E-state index in [-0.39, 0.29) is 39.2 Å². The number of rotatable bonds is 6. The molecule has 0 atom stereocenters. The standard InChI is InChI=1S/C21H20ClFN4O2.C14H13Cl2FN2.C7H8N2O2/c1-21(2,3)15-11-25-18(13-9-12(22)5-6-16(13)23)27-19(15)26-17-7-8-24-10-14(17)20(28)29-4;1-14(2,3)10-7-18-13(19-12(10)16)9-6-8(15)4-5-11(9)17;1-11-7(10)5-4-9-3-2-6(5)8/h5-11H,1-4H3,(H,24,25,26,27);4-7H,1-3H3;2-4H,1H3,(H2,8,9). The van der Waals surface area contributed by atoms with Crippen LogP contribution in [0.5, 0.6) is 0 Å². The van der Waals surface area contributed by atoms with Gasteiger partial charge in [0.2, 0.25) is 0 Å². The maximum Gasteiger partial charge on any atom is 0.341 e. The molecule has 59 heavy (non-hydrogen) atoms. The van der Waals surface area contributed by atoms with E-state index >= 15 is 0 Å². The Morgan fingerprint density at radius 2 is 1.14 bits per heavy atom. The first kappa shape index (κ1) is 45.9. The van der Waals surface area contributed by atoms with Crippen molar-refractivity contribution in [3.8, 4) is 22.8 Å². The number of anilines is 3. The minimum absolute atomic E-state index is 0.164. The van der Waals surface area contributed by atoms with Crippen LogP contribution in [-0.4, -0.2) is 56.1 Å². The van der Waals surface area contributed by atoms with Crippen molar-refractivity contribution >= 4 is 63.9 Å². The van der Waals surface area contributed by atoms with Gasteiger partial charge in [-0.2, -0.15) is 0 Å². The van der Waals surface area contributed by atoms with Crippen LogP contribution in [0.15, 0.2) is 85.7 Å². The fourth-order valence-electron chi connectivity index (χ4n) is 5.08. The van der Waals surface area contributed by atoms with E-state index in [1.54, 1.807) is 30.7 Å². The second kappa shape index (κ2) is 19.7. The third kappa shape index (κ3) is 12.1. The molecule has 17 heteroatoms. The monoisotopic (exact) mass is 864 g/mol. The Bertz CT molecular complexity index is 2460. The lowest BCUT2D eigenvalue weighted by Crippen LogP contribution is -2.17. The van der Waals surface area contributed by atoms with Crippen LogP contribution in [0, 0.1) is 11.6 Å². The minimum atomic E-state index is -0.534. The predicted molar refractivity (Wildman–Crippen MR) is 226 cm³/mol. The average Bonchev–Trinajstić information content (AvgIpc) is 3.19. The molecule has 0 bridgehead atoms. The van der Waals surface area contributed by atoms with E-state index in [9.17, 15) is 18.4 Å². The number of hydrogen-bond donors (Lipinski definition) is 2. The quantitative estimate of drug-likeness (QED) is 0.120. The Balaban J connectivity index is 0.000000219. The van der Waals surface area contributed by atoms with Crippen molar-refractivity contribution in [1.29, 1.82) is 0 Å². The molecule has 2 aromatic carbocycles. The molecule has 0 unspecified atom stereocenters. The molecular weight excluding hydrogens is 825 g/mol. The van der Waals surface area contributed by atoms with E-state index in [4.69, 9.17) is 45.3 Å². The molecule has 0 aliphatic carbocycles. The largest absolute Gasteiger partial charge is 0.465 e. The number of benzene rings is 2. The number of carbonyl (C=O) groups excluding carboxylic acids is 2. The Labute approximate surface area is 355 Å². The zero-order chi connectivity index (χ0) is 43.7. The van der Waals surface area contributed by atoms with Crippen molar-refractivity contribution in [2.45, 2.75) is 52.4 Å². The molecule has 6 rings (SSSR count). The minimum Gasteiger partial charge on any atom is -0.465 e. The lowest BCUT2D eigenvalue weighted by molar-refractivity contribution is 0.0592. The molecule has 0 fully saturated rings. The Hall–Kier alpha value is -5.83. The van der Waals surface area contributed by atoms with Crippen molar-refractivity contribution in [3.63, 3.8) is 0 Å². The summed E-state index contributed by atoms with van der Waals surface area (Å²) >= 11 is 18.0. The van der Waals surface area contributed by atoms with Gasteiger partial charge in [-0.05, 0) is 59.4 Å². The number of nitrogens with one attached hydrogen (secondary N) is 1. The molecule has 308 valence electrons. The molecule has 6 aromatic rings.